The number of hydrogen-bond acceptors (Lipinski definition) is 26. The smallest absolute Gasteiger partial charge is 0.319 e. The van der Waals surface area contributed by atoms with Gasteiger partial charge in [0.05, 0.1) is 12.1 Å². The average Bonchev–Trinajstić information content (AvgIpc) is 0.783. The van der Waals surface area contributed by atoms with Gasteiger partial charge in [-0.15, -0.1) is 0 Å². The van der Waals surface area contributed by atoms with Crippen molar-refractivity contribution < 1.29 is 116 Å². The standard InChI is InChI=1S/C23H23NO7.C22H21NO7.C15H17NO4.C14H14N2O5/c25-14-9-19(28)15-11-16(24-6-5-12-1-3-17(26)20(29)7-12)23(31-22(15)10-14)13-2-4-18(27)21(30)8-13;24-13-7-18(27)14-9-15(23-10-11-1-3-16(25)19(28)5-11)22(30-21(14)8-13)12-2-4-17(26)20(29)6-12;17-12-3-1-10(7-14(12)19)5-6-16-9-11-2-4-13(18)15(20)8-11;17-10-3-1-8(5-12(10)19)7-15-14(21)16-9-2-4-11(18)13(20)6-9/h1-4,7-10,16,23-30H,5-6,11H2;1-8,15,22-29H,9-10H2;1-4,7-8,16-20H,5-6,9H2;1-6,17-20H,7H2,(H2,15,16,21)/t16-,23-;15-,22-;;/m11../s1. The molecule has 2 aliphatic heterocycles. The van der Waals surface area contributed by atoms with Gasteiger partial charge in [-0.05, 0) is 175 Å². The van der Waals surface area contributed by atoms with E-state index in [4.69, 9.17) is 14.6 Å². The molecule has 102 heavy (non-hydrogen) atoms. The Morgan fingerprint density at radius 1 is 0.324 bits per heavy atom. The van der Waals surface area contributed by atoms with Gasteiger partial charge in [0.1, 0.15) is 46.7 Å². The zero-order valence-electron chi connectivity index (χ0n) is 54.0. The first-order chi connectivity index (χ1) is 48.6. The monoisotopic (exact) mass is 1400 g/mol. The molecule has 0 spiro atoms. The summed E-state index contributed by atoms with van der Waals surface area (Å²) in [6, 6.07) is 39.7. The second-order valence-corrected chi connectivity index (χ2v) is 23.7. The van der Waals surface area contributed by atoms with Crippen LogP contribution >= 0.6 is 0 Å². The van der Waals surface area contributed by atoms with E-state index in [0.29, 0.717) is 96.9 Å². The van der Waals surface area contributed by atoms with E-state index < -0.39 is 18.2 Å². The van der Waals surface area contributed by atoms with Gasteiger partial charge in [-0.3, -0.25) is 0 Å². The first-order valence-corrected chi connectivity index (χ1v) is 31.4. The average molecular weight is 1400 g/mol. The van der Waals surface area contributed by atoms with Crippen LogP contribution < -0.4 is 36.1 Å². The van der Waals surface area contributed by atoms with E-state index >= 15 is 0 Å². The highest BCUT2D eigenvalue weighted by molar-refractivity contribution is 5.89. The van der Waals surface area contributed by atoms with Crippen LogP contribution in [-0.4, -0.2) is 133 Å². The van der Waals surface area contributed by atoms with Gasteiger partial charge in [0, 0.05) is 66.8 Å². The Labute approximate surface area is 581 Å². The topological polar surface area (TPSA) is 500 Å². The highest BCUT2D eigenvalue weighted by atomic mass is 16.5. The van der Waals surface area contributed by atoms with Crippen molar-refractivity contribution in [1.82, 2.24) is 21.3 Å². The van der Waals surface area contributed by atoms with E-state index in [1.165, 1.54) is 127 Å². The summed E-state index contributed by atoms with van der Waals surface area (Å²) in [6.07, 6.45) is 0.862. The van der Waals surface area contributed by atoms with E-state index in [1.807, 2.05) is 0 Å². The van der Waals surface area contributed by atoms with Crippen LogP contribution in [0.3, 0.4) is 0 Å². The number of benzene rings is 10. The number of fused-ring (bicyclic) bond motifs is 2. The number of rotatable bonds is 17. The molecule has 10 aromatic carbocycles. The summed E-state index contributed by atoms with van der Waals surface area (Å²) in [4.78, 5) is 11.7. The number of carbonyl (C=O) groups excluding carboxylic acids is 1. The third kappa shape index (κ3) is 19.4. The Bertz CT molecular complexity index is 4560. The lowest BCUT2D eigenvalue weighted by molar-refractivity contribution is 0.130. The molecule has 0 saturated carbocycles. The van der Waals surface area contributed by atoms with E-state index in [9.17, 15) is 102 Å². The third-order valence-corrected chi connectivity index (χ3v) is 16.3. The SMILES string of the molecule is O=C(NCc1ccc(O)c(O)c1)Nc1ccc(O)c(O)c1.Oc1cc(O)c2c(c1)O[C@H](c1ccc(O)c(O)c1)[C@H](NCCc1ccc(O)c(O)c1)C2.Oc1cc(O)c2c(c1)O[C@H](c1ccc(O)c(O)c1)[C@H](NCc1ccc(O)c(O)c1)C2.Oc1ccc(CCNCc2ccc(O)c(O)c2)cc1O. The molecular formula is C74H75N5O23. The molecule has 0 saturated heterocycles. The molecule has 0 aliphatic carbocycles. The maximum atomic E-state index is 11.7. The van der Waals surface area contributed by atoms with Gasteiger partial charge < -0.3 is 138 Å². The van der Waals surface area contributed by atoms with Crippen molar-refractivity contribution in [2.45, 2.75) is 69.6 Å². The number of nitrogens with one attached hydrogen (secondary N) is 5. The molecular weight excluding hydrogens is 1330 g/mol. The summed E-state index contributed by atoms with van der Waals surface area (Å²) < 4.78 is 12.1. The van der Waals surface area contributed by atoms with Crippen LogP contribution in [0, 0.1) is 0 Å². The first kappa shape index (κ1) is 73.2. The molecule has 2 heterocycles. The molecule has 0 radical (unpaired) electrons. The molecule has 534 valence electrons. The molecule has 28 nitrogen and oxygen atoms in total. The van der Waals surface area contributed by atoms with Crippen LogP contribution in [0.2, 0.25) is 0 Å². The molecule has 0 bridgehead atoms. The minimum absolute atomic E-state index is 0.0720. The van der Waals surface area contributed by atoms with Gasteiger partial charge in [0.2, 0.25) is 0 Å². The number of hydrogen-bond donors (Lipinski definition) is 25. The molecule has 2 amide bonds. The normalized spacial score (nSPS) is 14.8. The van der Waals surface area contributed by atoms with E-state index in [-0.39, 0.29) is 134 Å². The van der Waals surface area contributed by atoms with Gasteiger partial charge in [0.15, 0.2) is 92.0 Å². The Hall–Kier alpha value is -13.1. The maximum absolute atomic E-state index is 11.7. The number of carbonyl (C=O) groups is 1. The van der Waals surface area contributed by atoms with Gasteiger partial charge in [-0.1, -0.05) is 42.5 Å². The molecule has 10 aromatic rings. The highest BCUT2D eigenvalue weighted by Crippen LogP contribution is 2.45. The quantitative estimate of drug-likeness (QED) is 0.0229. The zero-order valence-corrected chi connectivity index (χ0v) is 54.0. The minimum atomic E-state index is -0.601. The van der Waals surface area contributed by atoms with Crippen molar-refractivity contribution in [2.75, 3.05) is 18.4 Å². The highest BCUT2D eigenvalue weighted by Gasteiger charge is 2.35. The molecule has 0 fully saturated rings. The van der Waals surface area contributed by atoms with Crippen molar-refractivity contribution in [2.24, 2.45) is 0 Å². The van der Waals surface area contributed by atoms with Crippen LogP contribution in [0.1, 0.15) is 62.3 Å². The third-order valence-electron chi connectivity index (χ3n) is 16.3. The molecule has 2 aliphatic rings. The fourth-order valence-electron chi connectivity index (χ4n) is 10.9. The predicted molar refractivity (Wildman–Crippen MR) is 369 cm³/mol. The van der Waals surface area contributed by atoms with Crippen molar-refractivity contribution in [3.05, 3.63) is 220 Å². The molecule has 28 heteroatoms. The second kappa shape index (κ2) is 33.0. The summed E-state index contributed by atoms with van der Waals surface area (Å²) in [5, 5.41) is 207. The Kier molecular flexibility index (Phi) is 23.7. The van der Waals surface area contributed by atoms with Gasteiger partial charge in [0.25, 0.3) is 0 Å². The first-order valence-electron chi connectivity index (χ1n) is 31.4. The number of amides is 2. The fourth-order valence-corrected chi connectivity index (χ4v) is 10.9. The Morgan fingerprint density at radius 3 is 1.08 bits per heavy atom. The van der Waals surface area contributed by atoms with Crippen LogP contribution in [-0.2, 0) is 45.3 Å². The number of aromatic hydroxyl groups is 20. The lowest BCUT2D eigenvalue weighted by atomic mass is 9.91. The van der Waals surface area contributed by atoms with Crippen molar-refractivity contribution >= 4 is 11.7 Å². The summed E-state index contributed by atoms with van der Waals surface area (Å²) in [7, 11) is 0. The van der Waals surface area contributed by atoms with E-state index in [1.54, 1.807) is 42.5 Å². The van der Waals surface area contributed by atoms with Crippen molar-refractivity contribution in [3.8, 4) is 126 Å². The lowest BCUT2D eigenvalue weighted by Crippen LogP contribution is -2.42. The number of phenols is 20. The summed E-state index contributed by atoms with van der Waals surface area (Å²) in [5.41, 5.74) is 6.54. The van der Waals surface area contributed by atoms with Crippen molar-refractivity contribution in [3.63, 3.8) is 0 Å². The second-order valence-electron chi connectivity index (χ2n) is 23.7. The fraction of sp³-hybridized carbons (Fsp3) is 0.176. The predicted octanol–water partition coefficient (Wildman–Crippen LogP) is 9.22. The van der Waals surface area contributed by atoms with Crippen molar-refractivity contribution in [1.29, 1.82) is 0 Å². The summed E-state index contributed by atoms with van der Waals surface area (Å²) >= 11 is 0. The lowest BCUT2D eigenvalue weighted by Gasteiger charge is -2.35. The van der Waals surface area contributed by atoms with E-state index in [2.05, 4.69) is 26.6 Å². The largest absolute Gasteiger partial charge is 0.508 e. The summed E-state index contributed by atoms with van der Waals surface area (Å²) in [5.74, 6) is -3.24. The molecule has 25 N–H and O–H groups in total. The van der Waals surface area contributed by atoms with Crippen LogP contribution in [0.15, 0.2) is 170 Å². The van der Waals surface area contributed by atoms with Gasteiger partial charge in [-0.25, -0.2) is 4.79 Å². The zero-order chi connectivity index (χ0) is 73.5. The number of ether oxygens (including phenoxy) is 2. The van der Waals surface area contributed by atoms with Crippen LogP contribution in [0.4, 0.5) is 10.5 Å². The van der Waals surface area contributed by atoms with Gasteiger partial charge >= 0.3 is 6.03 Å². The number of urea groups is 1. The minimum Gasteiger partial charge on any atom is -0.508 e. The molecule has 12 rings (SSSR count). The molecule has 0 aromatic heterocycles. The Morgan fingerprint density at radius 2 is 0.667 bits per heavy atom. The maximum Gasteiger partial charge on any atom is 0.319 e. The molecule has 4 atom stereocenters. The summed E-state index contributed by atoms with van der Waals surface area (Å²) in [6.45, 7) is 2.23. The van der Waals surface area contributed by atoms with E-state index in [0.717, 1.165) is 22.3 Å². The molecule has 0 unspecified atom stereocenters. The van der Waals surface area contributed by atoms with Gasteiger partial charge in [-0.2, -0.15) is 0 Å². The Balaban J connectivity index is 0.000000161. The van der Waals surface area contributed by atoms with Crippen LogP contribution in [0.25, 0.3) is 0 Å². The number of phenolic OH excluding ortho intramolecular Hbond substituents is 20. The number of anilines is 1. The van der Waals surface area contributed by atoms with Crippen LogP contribution in [0.5, 0.6) is 126 Å².